The molecular weight excluding hydrogens is 128 g/mol. The summed E-state index contributed by atoms with van der Waals surface area (Å²) in [5.41, 5.74) is 0. The summed E-state index contributed by atoms with van der Waals surface area (Å²) in [6.07, 6.45) is 4.59. The van der Waals surface area contributed by atoms with Gasteiger partial charge in [-0.2, -0.15) is 0 Å². The van der Waals surface area contributed by atoms with Crippen LogP contribution in [-0.2, 0) is 9.53 Å². The summed E-state index contributed by atoms with van der Waals surface area (Å²) in [6.45, 7) is 4.00. The molecule has 0 spiro atoms. The van der Waals surface area contributed by atoms with Gasteiger partial charge in [-0.15, -0.1) is 0 Å². The number of rotatable bonds is 3. The number of carbonyl (C=O) groups is 1. The molecule has 0 atom stereocenters. The van der Waals surface area contributed by atoms with Crippen LogP contribution in [0.15, 0.2) is 24.5 Å². The second-order valence-corrected chi connectivity index (χ2v) is 2.18. The first-order chi connectivity index (χ1) is 4.83. The molecule has 1 rings (SSSR count). The second kappa shape index (κ2) is 3.20. The molecule has 0 saturated carbocycles. The minimum atomic E-state index is 0.166. The van der Waals surface area contributed by atoms with Crippen molar-refractivity contribution in [2.45, 2.75) is 12.8 Å². The van der Waals surface area contributed by atoms with Crippen molar-refractivity contribution in [2.75, 3.05) is 6.61 Å². The topological polar surface area (TPSA) is 26.3 Å². The molecule has 0 N–H and O–H groups in total. The standard InChI is InChI=1S/C8H10O2/c1-2-5-10-8-4-3-7(9)6-8/h2,6H,1,3-5H2. The Balaban J connectivity index is 2.35. The summed E-state index contributed by atoms with van der Waals surface area (Å²) in [6, 6.07) is 0. The van der Waals surface area contributed by atoms with Crippen molar-refractivity contribution in [1.82, 2.24) is 0 Å². The Morgan fingerprint density at radius 2 is 2.50 bits per heavy atom. The maximum Gasteiger partial charge on any atom is 0.159 e. The molecule has 2 nitrogen and oxygen atoms in total. The molecule has 0 heterocycles. The van der Waals surface area contributed by atoms with E-state index in [4.69, 9.17) is 4.74 Å². The van der Waals surface area contributed by atoms with Gasteiger partial charge in [-0.3, -0.25) is 4.79 Å². The lowest BCUT2D eigenvalue weighted by Gasteiger charge is -2.00. The van der Waals surface area contributed by atoms with Gasteiger partial charge in [-0.05, 0) is 0 Å². The van der Waals surface area contributed by atoms with Gasteiger partial charge in [0.2, 0.25) is 0 Å². The van der Waals surface area contributed by atoms with Gasteiger partial charge in [0.05, 0.1) is 0 Å². The molecule has 0 amide bonds. The van der Waals surface area contributed by atoms with E-state index in [9.17, 15) is 4.79 Å². The Hall–Kier alpha value is -1.05. The summed E-state index contributed by atoms with van der Waals surface area (Å²) in [5, 5.41) is 0. The third kappa shape index (κ3) is 1.72. The maximum absolute atomic E-state index is 10.6. The molecule has 1 aliphatic carbocycles. The smallest absolute Gasteiger partial charge is 0.159 e. The van der Waals surface area contributed by atoms with Crippen molar-refractivity contribution in [2.24, 2.45) is 0 Å². The number of hydrogen-bond acceptors (Lipinski definition) is 2. The van der Waals surface area contributed by atoms with Crippen LogP contribution in [0.3, 0.4) is 0 Å². The lowest BCUT2D eigenvalue weighted by molar-refractivity contribution is -0.114. The monoisotopic (exact) mass is 138 g/mol. The summed E-state index contributed by atoms with van der Waals surface area (Å²) in [7, 11) is 0. The van der Waals surface area contributed by atoms with Crippen molar-refractivity contribution in [3.05, 3.63) is 24.5 Å². The highest BCUT2D eigenvalue weighted by Gasteiger charge is 2.11. The van der Waals surface area contributed by atoms with Gasteiger partial charge in [0, 0.05) is 18.9 Å². The molecular formula is C8H10O2. The van der Waals surface area contributed by atoms with Crippen molar-refractivity contribution >= 4 is 5.78 Å². The van der Waals surface area contributed by atoms with Gasteiger partial charge in [0.1, 0.15) is 12.4 Å². The fourth-order valence-corrected chi connectivity index (χ4v) is 0.850. The van der Waals surface area contributed by atoms with Crippen LogP contribution in [0.2, 0.25) is 0 Å². The van der Waals surface area contributed by atoms with E-state index in [-0.39, 0.29) is 5.78 Å². The van der Waals surface area contributed by atoms with Gasteiger partial charge in [-0.25, -0.2) is 0 Å². The Morgan fingerprint density at radius 1 is 1.70 bits per heavy atom. The molecule has 0 aliphatic heterocycles. The lowest BCUT2D eigenvalue weighted by atomic mass is 10.3. The van der Waals surface area contributed by atoms with Crippen molar-refractivity contribution < 1.29 is 9.53 Å². The molecule has 54 valence electrons. The minimum absolute atomic E-state index is 0.166. The molecule has 0 saturated heterocycles. The van der Waals surface area contributed by atoms with Gasteiger partial charge < -0.3 is 4.74 Å². The van der Waals surface area contributed by atoms with Gasteiger partial charge in [0.15, 0.2) is 5.78 Å². The first-order valence-electron chi connectivity index (χ1n) is 3.30. The molecule has 0 aromatic carbocycles. The predicted molar refractivity (Wildman–Crippen MR) is 38.5 cm³/mol. The van der Waals surface area contributed by atoms with E-state index in [0.29, 0.717) is 13.0 Å². The Kier molecular flexibility index (Phi) is 2.26. The highest BCUT2D eigenvalue weighted by Crippen LogP contribution is 2.15. The first-order valence-corrected chi connectivity index (χ1v) is 3.30. The van der Waals surface area contributed by atoms with Crippen LogP contribution in [0.5, 0.6) is 0 Å². The lowest BCUT2D eigenvalue weighted by Crippen LogP contribution is -1.87. The minimum Gasteiger partial charge on any atom is -0.494 e. The zero-order valence-electron chi connectivity index (χ0n) is 5.80. The van der Waals surface area contributed by atoms with E-state index in [1.165, 1.54) is 0 Å². The van der Waals surface area contributed by atoms with E-state index in [0.717, 1.165) is 12.2 Å². The highest BCUT2D eigenvalue weighted by molar-refractivity contribution is 5.92. The number of carbonyl (C=O) groups excluding carboxylic acids is 1. The van der Waals surface area contributed by atoms with Crippen molar-refractivity contribution in [3.63, 3.8) is 0 Å². The third-order valence-electron chi connectivity index (χ3n) is 1.33. The largest absolute Gasteiger partial charge is 0.494 e. The Labute approximate surface area is 60.2 Å². The number of allylic oxidation sites excluding steroid dienone is 2. The van der Waals surface area contributed by atoms with E-state index in [1.54, 1.807) is 12.2 Å². The molecule has 0 aromatic heterocycles. The average Bonchev–Trinajstić information content (AvgIpc) is 2.31. The molecule has 0 fully saturated rings. The highest BCUT2D eigenvalue weighted by atomic mass is 16.5. The van der Waals surface area contributed by atoms with Crippen LogP contribution in [0.4, 0.5) is 0 Å². The fraction of sp³-hybridized carbons (Fsp3) is 0.375. The van der Waals surface area contributed by atoms with Crippen molar-refractivity contribution in [3.8, 4) is 0 Å². The van der Waals surface area contributed by atoms with Crippen LogP contribution in [0, 0.1) is 0 Å². The average molecular weight is 138 g/mol. The quantitative estimate of drug-likeness (QED) is 0.551. The molecule has 0 aromatic rings. The molecule has 0 unspecified atom stereocenters. The van der Waals surface area contributed by atoms with Crippen LogP contribution < -0.4 is 0 Å². The van der Waals surface area contributed by atoms with Gasteiger partial charge >= 0.3 is 0 Å². The predicted octanol–water partition coefficient (Wildman–Crippen LogP) is 1.44. The van der Waals surface area contributed by atoms with Crippen molar-refractivity contribution in [1.29, 1.82) is 0 Å². The maximum atomic E-state index is 10.6. The number of ketones is 1. The molecule has 0 radical (unpaired) electrons. The summed E-state index contributed by atoms with van der Waals surface area (Å²) in [5.74, 6) is 0.962. The third-order valence-corrected chi connectivity index (χ3v) is 1.33. The SMILES string of the molecule is C=CCOC1=CC(=O)CC1. The van der Waals surface area contributed by atoms with E-state index in [2.05, 4.69) is 6.58 Å². The normalized spacial score (nSPS) is 16.8. The van der Waals surface area contributed by atoms with E-state index in [1.807, 2.05) is 0 Å². The Morgan fingerprint density at radius 3 is 3.00 bits per heavy atom. The number of ether oxygens (including phenoxy) is 1. The zero-order chi connectivity index (χ0) is 7.40. The Bertz CT molecular complexity index is 180. The van der Waals surface area contributed by atoms with E-state index < -0.39 is 0 Å². The molecule has 10 heavy (non-hydrogen) atoms. The molecule has 1 aliphatic rings. The van der Waals surface area contributed by atoms with Gasteiger partial charge in [0.25, 0.3) is 0 Å². The first kappa shape index (κ1) is 7.06. The number of hydrogen-bond donors (Lipinski definition) is 0. The van der Waals surface area contributed by atoms with Crippen LogP contribution in [-0.4, -0.2) is 12.4 Å². The molecule has 2 heteroatoms. The second-order valence-electron chi connectivity index (χ2n) is 2.18. The zero-order valence-corrected chi connectivity index (χ0v) is 5.80. The van der Waals surface area contributed by atoms with Gasteiger partial charge in [-0.1, -0.05) is 12.7 Å². The fourth-order valence-electron chi connectivity index (χ4n) is 0.850. The summed E-state index contributed by atoms with van der Waals surface area (Å²) < 4.78 is 5.14. The van der Waals surface area contributed by atoms with Crippen LogP contribution in [0.25, 0.3) is 0 Å². The van der Waals surface area contributed by atoms with Crippen LogP contribution in [0.1, 0.15) is 12.8 Å². The molecule has 0 bridgehead atoms. The van der Waals surface area contributed by atoms with E-state index >= 15 is 0 Å². The van der Waals surface area contributed by atoms with Crippen LogP contribution >= 0.6 is 0 Å². The summed E-state index contributed by atoms with van der Waals surface area (Å²) >= 11 is 0. The summed E-state index contributed by atoms with van der Waals surface area (Å²) in [4.78, 5) is 10.6.